The lowest BCUT2D eigenvalue weighted by atomic mass is 10.1. The molecule has 0 unspecified atom stereocenters. The van der Waals surface area contributed by atoms with E-state index in [1.54, 1.807) is 17.0 Å². The Morgan fingerprint density at radius 1 is 0.968 bits per heavy atom. The van der Waals surface area contributed by atoms with Crippen molar-refractivity contribution < 1.29 is 22.8 Å². The van der Waals surface area contributed by atoms with Crippen LogP contribution in [0.5, 0.6) is 0 Å². The summed E-state index contributed by atoms with van der Waals surface area (Å²) < 4.78 is 26.9. The summed E-state index contributed by atoms with van der Waals surface area (Å²) in [5, 5.41) is 2.60. The van der Waals surface area contributed by atoms with Gasteiger partial charge in [0.25, 0.3) is 5.91 Å². The van der Waals surface area contributed by atoms with Crippen molar-refractivity contribution in [1.29, 1.82) is 0 Å². The molecular weight excluding hydrogens is 420 g/mol. The van der Waals surface area contributed by atoms with Gasteiger partial charge in [-0.2, -0.15) is 4.31 Å². The van der Waals surface area contributed by atoms with Gasteiger partial charge in [0.05, 0.1) is 11.4 Å². The molecule has 1 saturated carbocycles. The van der Waals surface area contributed by atoms with Crippen LogP contribution in [-0.2, 0) is 19.6 Å². The summed E-state index contributed by atoms with van der Waals surface area (Å²) >= 11 is 0. The van der Waals surface area contributed by atoms with Crippen molar-refractivity contribution in [2.24, 2.45) is 5.92 Å². The highest BCUT2D eigenvalue weighted by Gasteiger charge is 2.32. The average Bonchev–Trinajstić information content (AvgIpc) is 3.33. The molecule has 2 saturated heterocycles. The predicted molar refractivity (Wildman–Crippen MR) is 113 cm³/mol. The molecule has 0 spiro atoms. The van der Waals surface area contributed by atoms with Crippen LogP contribution in [0.1, 0.15) is 36.0 Å². The number of hydrogen-bond donors (Lipinski definition) is 1. The summed E-state index contributed by atoms with van der Waals surface area (Å²) in [5.74, 6) is -0.266. The van der Waals surface area contributed by atoms with Gasteiger partial charge in [-0.25, -0.2) is 8.42 Å². The van der Waals surface area contributed by atoms with Crippen LogP contribution in [0.25, 0.3) is 0 Å². The van der Waals surface area contributed by atoms with E-state index in [9.17, 15) is 22.8 Å². The van der Waals surface area contributed by atoms with E-state index in [2.05, 4.69) is 5.32 Å². The number of hydrogen-bond acceptors (Lipinski definition) is 5. The normalized spacial score (nSPS) is 21.2. The molecule has 1 aromatic carbocycles. The molecule has 2 heterocycles. The Morgan fingerprint density at radius 3 is 2.32 bits per heavy atom. The van der Waals surface area contributed by atoms with E-state index >= 15 is 0 Å². The third-order valence-electron chi connectivity index (χ3n) is 6.31. The molecule has 4 rings (SSSR count). The van der Waals surface area contributed by atoms with Gasteiger partial charge in [-0.1, -0.05) is 18.9 Å². The number of carbonyl (C=O) groups is 3. The molecule has 0 radical (unpaired) electrons. The minimum absolute atomic E-state index is 0.00287. The van der Waals surface area contributed by atoms with E-state index in [-0.39, 0.29) is 53.7 Å². The second-order valence-electron chi connectivity index (χ2n) is 8.32. The summed E-state index contributed by atoms with van der Waals surface area (Å²) in [5.41, 5.74) is 0.290. The van der Waals surface area contributed by atoms with Crippen molar-refractivity contribution in [1.82, 2.24) is 19.4 Å². The summed E-state index contributed by atoms with van der Waals surface area (Å²) in [6, 6.07) is 5.96. The fourth-order valence-corrected chi connectivity index (χ4v) is 5.95. The highest BCUT2D eigenvalue weighted by atomic mass is 32.2. The Kier molecular flexibility index (Phi) is 6.29. The first-order valence-corrected chi connectivity index (χ1v) is 12.3. The molecular formula is C21H28N4O5S. The fraction of sp³-hybridized carbons (Fsp3) is 0.571. The molecule has 1 N–H and O–H groups in total. The van der Waals surface area contributed by atoms with Gasteiger partial charge in [0.1, 0.15) is 0 Å². The van der Waals surface area contributed by atoms with E-state index < -0.39 is 10.0 Å². The Hall–Kier alpha value is -2.46. The molecule has 31 heavy (non-hydrogen) atoms. The fourth-order valence-electron chi connectivity index (χ4n) is 4.50. The second-order valence-corrected chi connectivity index (χ2v) is 10.3. The smallest absolute Gasteiger partial charge is 0.254 e. The minimum atomic E-state index is -3.86. The number of sulfonamides is 1. The summed E-state index contributed by atoms with van der Waals surface area (Å²) in [4.78, 5) is 40.7. The Morgan fingerprint density at radius 2 is 1.65 bits per heavy atom. The Labute approximate surface area is 182 Å². The van der Waals surface area contributed by atoms with Crippen LogP contribution in [0.4, 0.5) is 0 Å². The maximum Gasteiger partial charge on any atom is 0.254 e. The summed E-state index contributed by atoms with van der Waals surface area (Å²) in [6.45, 7) is 2.10. The van der Waals surface area contributed by atoms with Gasteiger partial charge < -0.3 is 15.1 Å². The molecule has 3 fully saturated rings. The molecule has 9 nitrogen and oxygen atoms in total. The van der Waals surface area contributed by atoms with Gasteiger partial charge in [-0.05, 0) is 31.0 Å². The van der Waals surface area contributed by atoms with E-state index in [1.807, 2.05) is 4.90 Å². The van der Waals surface area contributed by atoms with Crippen LogP contribution in [0.15, 0.2) is 29.2 Å². The number of nitrogens with zero attached hydrogens (tertiary/aromatic N) is 3. The van der Waals surface area contributed by atoms with Crippen LogP contribution >= 0.6 is 0 Å². The van der Waals surface area contributed by atoms with E-state index in [0.29, 0.717) is 26.2 Å². The zero-order chi connectivity index (χ0) is 22.0. The monoisotopic (exact) mass is 448 g/mol. The van der Waals surface area contributed by atoms with Gasteiger partial charge in [0.15, 0.2) is 0 Å². The Balaban J connectivity index is 1.41. The topological polar surface area (TPSA) is 107 Å². The average molecular weight is 449 g/mol. The zero-order valence-corrected chi connectivity index (χ0v) is 18.3. The Bertz CT molecular complexity index is 966. The molecule has 168 valence electrons. The van der Waals surface area contributed by atoms with Crippen LogP contribution in [0.2, 0.25) is 0 Å². The second kappa shape index (κ2) is 8.96. The highest BCUT2D eigenvalue weighted by Crippen LogP contribution is 2.27. The first-order valence-electron chi connectivity index (χ1n) is 10.8. The standard InChI is InChI=1S/C21H28N4O5S/c26-19-15-25(9-8-22-19)31(29,30)18-7-3-6-17(14-18)21(28)24-12-10-23(11-13-24)20(27)16-4-1-2-5-16/h3,6-7,14,16H,1-2,4-5,8-13,15H2,(H,22,26). The van der Waals surface area contributed by atoms with Crippen molar-refractivity contribution in [2.45, 2.75) is 30.6 Å². The predicted octanol–water partition coefficient (Wildman–Crippen LogP) is 0.282. The van der Waals surface area contributed by atoms with Gasteiger partial charge >= 0.3 is 0 Å². The van der Waals surface area contributed by atoms with Crippen molar-refractivity contribution >= 4 is 27.7 Å². The van der Waals surface area contributed by atoms with E-state index in [0.717, 1.165) is 30.0 Å². The van der Waals surface area contributed by atoms with Crippen LogP contribution in [0, 0.1) is 5.92 Å². The van der Waals surface area contributed by atoms with Gasteiger partial charge in [-0.15, -0.1) is 0 Å². The van der Waals surface area contributed by atoms with Gasteiger partial charge in [-0.3, -0.25) is 14.4 Å². The maximum absolute atomic E-state index is 13.0. The zero-order valence-electron chi connectivity index (χ0n) is 17.5. The number of carbonyl (C=O) groups excluding carboxylic acids is 3. The molecule has 0 bridgehead atoms. The molecule has 3 aliphatic rings. The SMILES string of the molecule is O=C1CN(S(=O)(=O)c2cccc(C(=O)N3CCN(C(=O)C4CCCC4)CC3)c2)CCN1. The molecule has 2 aliphatic heterocycles. The first-order chi connectivity index (χ1) is 14.9. The largest absolute Gasteiger partial charge is 0.354 e. The van der Waals surface area contributed by atoms with Crippen LogP contribution < -0.4 is 5.32 Å². The molecule has 0 atom stereocenters. The lowest BCUT2D eigenvalue weighted by Gasteiger charge is -2.36. The van der Waals surface area contributed by atoms with Crippen LogP contribution in [0.3, 0.4) is 0 Å². The quantitative estimate of drug-likeness (QED) is 0.712. The van der Waals surface area contributed by atoms with Gasteiger partial charge in [0, 0.05) is 50.7 Å². The number of benzene rings is 1. The van der Waals surface area contributed by atoms with E-state index in [4.69, 9.17) is 0 Å². The maximum atomic E-state index is 13.0. The lowest BCUT2D eigenvalue weighted by Crippen LogP contribution is -2.51. The van der Waals surface area contributed by atoms with Crippen molar-refractivity contribution in [2.75, 3.05) is 45.8 Å². The lowest BCUT2D eigenvalue weighted by molar-refractivity contribution is -0.136. The van der Waals surface area contributed by atoms with Gasteiger partial charge in [0.2, 0.25) is 21.8 Å². The molecule has 0 aromatic heterocycles. The minimum Gasteiger partial charge on any atom is -0.354 e. The molecule has 3 amide bonds. The first kappa shape index (κ1) is 21.8. The highest BCUT2D eigenvalue weighted by molar-refractivity contribution is 7.89. The summed E-state index contributed by atoms with van der Waals surface area (Å²) in [7, 11) is -3.86. The number of rotatable bonds is 4. The third kappa shape index (κ3) is 4.59. The molecule has 10 heteroatoms. The van der Waals surface area contributed by atoms with Crippen molar-refractivity contribution in [3.05, 3.63) is 29.8 Å². The van der Waals surface area contributed by atoms with E-state index in [1.165, 1.54) is 12.1 Å². The molecule has 1 aromatic rings. The summed E-state index contributed by atoms with van der Waals surface area (Å²) in [6.07, 6.45) is 4.13. The third-order valence-corrected chi connectivity index (χ3v) is 8.15. The van der Waals surface area contributed by atoms with Crippen LogP contribution in [-0.4, -0.2) is 86.1 Å². The van der Waals surface area contributed by atoms with Crippen molar-refractivity contribution in [3.8, 4) is 0 Å². The molecule has 1 aliphatic carbocycles. The number of piperazine rings is 2. The van der Waals surface area contributed by atoms with Crippen molar-refractivity contribution in [3.63, 3.8) is 0 Å². The number of nitrogens with one attached hydrogen (secondary N) is 1. The number of amides is 3.